The Morgan fingerprint density at radius 1 is 1.18 bits per heavy atom. The zero-order valence-corrected chi connectivity index (χ0v) is 12.9. The maximum absolute atomic E-state index is 12.2. The molecule has 1 aromatic heterocycles. The van der Waals surface area contributed by atoms with Crippen LogP contribution < -0.4 is 9.48 Å². The summed E-state index contributed by atoms with van der Waals surface area (Å²) in [5.74, 6) is 0.127. The van der Waals surface area contributed by atoms with Crippen LogP contribution in [0.3, 0.4) is 0 Å². The predicted molar refractivity (Wildman–Crippen MR) is 87.4 cm³/mol. The van der Waals surface area contributed by atoms with Crippen molar-refractivity contribution in [2.75, 3.05) is 0 Å². The van der Waals surface area contributed by atoms with Crippen molar-refractivity contribution >= 4 is 28.2 Å². The Morgan fingerprint density at radius 2 is 1.95 bits per heavy atom. The van der Waals surface area contributed by atoms with Gasteiger partial charge in [0, 0.05) is 12.5 Å². The summed E-state index contributed by atoms with van der Waals surface area (Å²) < 4.78 is 5.05. The van der Waals surface area contributed by atoms with Gasteiger partial charge in [0.05, 0.1) is 10.9 Å². The van der Waals surface area contributed by atoms with E-state index < -0.39 is 0 Å². The number of aryl methyl sites for hydroxylation is 1. The topological polar surface area (TPSA) is 56.3 Å². The van der Waals surface area contributed by atoms with Crippen LogP contribution in [0.15, 0.2) is 47.3 Å². The molecule has 2 aromatic carbocycles. The molecule has 0 aliphatic rings. The number of fused-ring (bicyclic) bond motifs is 1. The molecule has 5 heteroatoms. The maximum Gasteiger partial charge on any atom is 0.308 e. The van der Waals surface area contributed by atoms with E-state index in [4.69, 9.17) is 4.74 Å². The molecule has 1 heterocycles. The van der Waals surface area contributed by atoms with Crippen LogP contribution in [0.2, 0.25) is 0 Å². The summed E-state index contributed by atoms with van der Waals surface area (Å²) >= 11 is 1.12. The van der Waals surface area contributed by atoms with Gasteiger partial charge in [-0.05, 0) is 42.8 Å². The van der Waals surface area contributed by atoms with E-state index >= 15 is 0 Å². The minimum absolute atomic E-state index is 0.0101. The molecule has 0 atom stereocenters. The minimum atomic E-state index is -0.361. The molecule has 3 rings (SSSR count). The van der Waals surface area contributed by atoms with Gasteiger partial charge < -0.3 is 4.74 Å². The van der Waals surface area contributed by atoms with Crippen molar-refractivity contribution in [1.82, 2.24) is 4.98 Å². The SMILES string of the molecule is CC(=O)Oc1ccc(-c2nc3ccccc3c(=O)s2)c(C)c1. The number of esters is 1. The van der Waals surface area contributed by atoms with E-state index in [1.165, 1.54) is 6.92 Å². The Morgan fingerprint density at radius 3 is 2.68 bits per heavy atom. The number of hydrogen-bond acceptors (Lipinski definition) is 5. The first-order valence-electron chi connectivity index (χ1n) is 6.74. The number of ether oxygens (including phenoxy) is 1. The Hall–Kier alpha value is -2.53. The first-order valence-corrected chi connectivity index (χ1v) is 7.55. The fourth-order valence-corrected chi connectivity index (χ4v) is 3.18. The normalized spacial score (nSPS) is 10.6. The highest BCUT2D eigenvalue weighted by atomic mass is 32.1. The predicted octanol–water partition coefficient (Wildman–Crippen LogP) is 3.56. The number of nitrogens with zero attached hydrogens (tertiary/aromatic N) is 1. The lowest BCUT2D eigenvalue weighted by Crippen LogP contribution is -2.02. The van der Waals surface area contributed by atoms with Crippen molar-refractivity contribution in [3.8, 4) is 16.3 Å². The van der Waals surface area contributed by atoms with E-state index in [1.54, 1.807) is 18.2 Å². The summed E-state index contributed by atoms with van der Waals surface area (Å²) in [6, 6.07) is 12.6. The quantitative estimate of drug-likeness (QED) is 0.536. The van der Waals surface area contributed by atoms with Crippen LogP contribution in [0.25, 0.3) is 21.5 Å². The van der Waals surface area contributed by atoms with Gasteiger partial charge in [0.25, 0.3) is 0 Å². The number of hydrogen-bond donors (Lipinski definition) is 0. The summed E-state index contributed by atoms with van der Waals surface area (Å²) in [4.78, 5) is 27.8. The molecule has 4 nitrogen and oxygen atoms in total. The fraction of sp³-hybridized carbons (Fsp3) is 0.118. The summed E-state index contributed by atoms with van der Waals surface area (Å²) in [6.07, 6.45) is 0. The summed E-state index contributed by atoms with van der Waals surface area (Å²) in [5.41, 5.74) is 2.45. The van der Waals surface area contributed by atoms with E-state index in [1.807, 2.05) is 31.2 Å². The summed E-state index contributed by atoms with van der Waals surface area (Å²) in [7, 11) is 0. The molecule has 0 spiro atoms. The van der Waals surface area contributed by atoms with Crippen LogP contribution in [0, 0.1) is 6.92 Å². The lowest BCUT2D eigenvalue weighted by molar-refractivity contribution is -0.131. The molecule has 0 fully saturated rings. The molecule has 0 saturated carbocycles. The molecule has 0 saturated heterocycles. The van der Waals surface area contributed by atoms with Gasteiger partial charge >= 0.3 is 5.97 Å². The average molecular weight is 311 g/mol. The van der Waals surface area contributed by atoms with Crippen molar-refractivity contribution in [2.24, 2.45) is 0 Å². The van der Waals surface area contributed by atoms with E-state index in [9.17, 15) is 9.59 Å². The third-order valence-electron chi connectivity index (χ3n) is 3.23. The zero-order valence-electron chi connectivity index (χ0n) is 12.1. The molecule has 0 bridgehead atoms. The maximum atomic E-state index is 12.2. The van der Waals surface area contributed by atoms with Gasteiger partial charge in [0.1, 0.15) is 10.8 Å². The zero-order chi connectivity index (χ0) is 15.7. The first-order chi connectivity index (χ1) is 10.5. The lowest BCUT2D eigenvalue weighted by Gasteiger charge is -2.08. The van der Waals surface area contributed by atoms with Crippen LogP contribution in [-0.2, 0) is 4.79 Å². The largest absolute Gasteiger partial charge is 0.427 e. The van der Waals surface area contributed by atoms with Crippen molar-refractivity contribution < 1.29 is 9.53 Å². The number of rotatable bonds is 2. The molecule has 0 unspecified atom stereocenters. The number of carbonyl (C=O) groups excluding carboxylic acids is 1. The number of para-hydroxylation sites is 1. The van der Waals surface area contributed by atoms with Crippen molar-refractivity contribution in [2.45, 2.75) is 13.8 Å². The van der Waals surface area contributed by atoms with Gasteiger partial charge in [-0.15, -0.1) is 0 Å². The molecule has 0 amide bonds. The van der Waals surface area contributed by atoms with E-state index in [0.29, 0.717) is 21.7 Å². The van der Waals surface area contributed by atoms with Crippen LogP contribution in [0.5, 0.6) is 5.75 Å². The number of benzene rings is 2. The Balaban J connectivity index is 2.11. The highest BCUT2D eigenvalue weighted by molar-refractivity contribution is 7.13. The first kappa shape index (κ1) is 14.4. The molecule has 3 aromatic rings. The minimum Gasteiger partial charge on any atom is -0.427 e. The molecular weight excluding hydrogens is 298 g/mol. The third kappa shape index (κ3) is 2.76. The smallest absolute Gasteiger partial charge is 0.308 e. The van der Waals surface area contributed by atoms with Crippen LogP contribution in [0.1, 0.15) is 12.5 Å². The Labute approximate surface area is 131 Å². The molecule has 22 heavy (non-hydrogen) atoms. The lowest BCUT2D eigenvalue weighted by atomic mass is 10.1. The van der Waals surface area contributed by atoms with Crippen molar-refractivity contribution in [3.05, 3.63) is 57.6 Å². The molecule has 0 N–H and O–H groups in total. The standard InChI is InChI=1S/C17H13NO3S/c1-10-9-12(21-11(2)19)7-8-13(10)16-18-15-6-4-3-5-14(15)17(20)22-16/h3-9H,1-2H3. The van der Waals surface area contributed by atoms with Crippen molar-refractivity contribution in [3.63, 3.8) is 0 Å². The Bertz CT molecular complexity index is 931. The fourth-order valence-electron chi connectivity index (χ4n) is 2.24. The van der Waals surface area contributed by atoms with E-state index in [0.717, 1.165) is 22.5 Å². The van der Waals surface area contributed by atoms with Crippen LogP contribution in [0.4, 0.5) is 0 Å². The van der Waals surface area contributed by atoms with E-state index in [-0.39, 0.29) is 10.7 Å². The van der Waals surface area contributed by atoms with Gasteiger partial charge in [-0.2, -0.15) is 0 Å². The van der Waals surface area contributed by atoms with Gasteiger partial charge in [0.2, 0.25) is 4.74 Å². The number of aromatic nitrogens is 1. The molecule has 0 radical (unpaired) electrons. The second-order valence-corrected chi connectivity index (χ2v) is 5.86. The second kappa shape index (κ2) is 5.69. The molecular formula is C17H13NO3S. The highest BCUT2D eigenvalue weighted by Gasteiger charge is 2.10. The van der Waals surface area contributed by atoms with Gasteiger partial charge in [0.15, 0.2) is 0 Å². The van der Waals surface area contributed by atoms with Gasteiger partial charge in [-0.3, -0.25) is 9.59 Å². The average Bonchev–Trinajstić information content (AvgIpc) is 2.46. The second-order valence-electron chi connectivity index (χ2n) is 4.89. The summed E-state index contributed by atoms with van der Waals surface area (Å²) in [5, 5.41) is 1.29. The molecule has 0 aliphatic carbocycles. The van der Waals surface area contributed by atoms with Crippen LogP contribution in [-0.4, -0.2) is 11.0 Å². The highest BCUT2D eigenvalue weighted by Crippen LogP contribution is 2.28. The van der Waals surface area contributed by atoms with E-state index in [2.05, 4.69) is 4.98 Å². The monoisotopic (exact) mass is 311 g/mol. The van der Waals surface area contributed by atoms with Gasteiger partial charge in [-0.25, -0.2) is 4.98 Å². The van der Waals surface area contributed by atoms with Crippen LogP contribution >= 0.6 is 11.3 Å². The van der Waals surface area contributed by atoms with Gasteiger partial charge in [-0.1, -0.05) is 23.5 Å². The van der Waals surface area contributed by atoms with Crippen molar-refractivity contribution in [1.29, 1.82) is 0 Å². The third-order valence-corrected chi connectivity index (χ3v) is 4.14. The molecule has 110 valence electrons. The summed E-state index contributed by atoms with van der Waals surface area (Å²) in [6.45, 7) is 3.26. The molecule has 0 aliphatic heterocycles. The number of carbonyl (C=O) groups is 1. The Kier molecular flexibility index (Phi) is 3.73.